The van der Waals surface area contributed by atoms with Crippen LogP contribution in [-0.4, -0.2) is 35.3 Å². The van der Waals surface area contributed by atoms with Crippen LogP contribution in [0.4, 0.5) is 0 Å². The van der Waals surface area contributed by atoms with Gasteiger partial charge >= 0.3 is 0 Å². The molecule has 0 radical (unpaired) electrons. The van der Waals surface area contributed by atoms with Crippen molar-refractivity contribution in [3.63, 3.8) is 0 Å². The van der Waals surface area contributed by atoms with Crippen LogP contribution in [0.3, 0.4) is 0 Å². The molecular weight excluding hydrogens is 438 g/mol. The number of aliphatic imine (C=N–C) groups is 1. The third-order valence-electron chi connectivity index (χ3n) is 6.86. The number of fused-ring (bicyclic) bond motifs is 2. The van der Waals surface area contributed by atoms with Crippen LogP contribution < -0.4 is 0 Å². The number of allylic oxidation sites excluding steroid dienone is 9. The summed E-state index contributed by atoms with van der Waals surface area (Å²) < 4.78 is 0. The highest BCUT2D eigenvalue weighted by atomic mass is 15.4. The molecule has 5 rings (SSSR count). The Morgan fingerprint density at radius 1 is 0.972 bits per heavy atom. The normalized spacial score (nSPS) is 23.5. The van der Waals surface area contributed by atoms with Gasteiger partial charge in [-0.3, -0.25) is 4.99 Å². The molecule has 1 fully saturated rings. The van der Waals surface area contributed by atoms with Crippen LogP contribution in [0, 0.1) is 0 Å². The fraction of sp³-hybridized carbons (Fsp3) is 0.121. The predicted octanol–water partition coefficient (Wildman–Crippen LogP) is 6.95. The lowest BCUT2D eigenvalue weighted by molar-refractivity contribution is 0.333. The second kappa shape index (κ2) is 10.5. The smallest absolute Gasteiger partial charge is 0.0911 e. The van der Waals surface area contributed by atoms with E-state index in [1.165, 1.54) is 28.0 Å². The highest BCUT2D eigenvalue weighted by molar-refractivity contribution is 5.77. The molecule has 2 atom stereocenters. The predicted molar refractivity (Wildman–Crippen MR) is 153 cm³/mol. The molecule has 3 aliphatic rings. The van der Waals surface area contributed by atoms with Gasteiger partial charge in [0.2, 0.25) is 0 Å². The molecule has 2 aliphatic carbocycles. The van der Waals surface area contributed by atoms with Crippen LogP contribution >= 0.6 is 0 Å². The van der Waals surface area contributed by atoms with Gasteiger partial charge in [0.1, 0.15) is 0 Å². The molecule has 0 saturated carbocycles. The Hall–Kier alpha value is -4.37. The first kappa shape index (κ1) is 23.4. The van der Waals surface area contributed by atoms with Gasteiger partial charge in [-0.2, -0.15) is 0 Å². The number of nitrogens with zero attached hydrogens (tertiary/aromatic N) is 3. The quantitative estimate of drug-likeness (QED) is 0.337. The standard InChI is InChI=1S/C33H31N3/c1-25-22-30(17-11-16-28-15-7-8-18-31(25)28)36-24-35(21-10-9-12-26(2)34-3)33-23-29(19-20-32(33)36)27-13-5-4-6-14-27/h4-15,17-23,32-33H,1-3,16,24H2/b12-9-,17-11-,21-10-,30-22+. The maximum absolute atomic E-state index is 4.41. The summed E-state index contributed by atoms with van der Waals surface area (Å²) in [4.78, 5) is 8.70. The van der Waals surface area contributed by atoms with Crippen molar-refractivity contribution in [2.24, 2.45) is 4.99 Å². The van der Waals surface area contributed by atoms with E-state index in [0.29, 0.717) is 5.70 Å². The van der Waals surface area contributed by atoms with Gasteiger partial charge in [-0.25, -0.2) is 0 Å². The largest absolute Gasteiger partial charge is 0.351 e. The van der Waals surface area contributed by atoms with Crippen molar-refractivity contribution in [2.75, 3.05) is 6.67 Å². The van der Waals surface area contributed by atoms with Crippen molar-refractivity contribution >= 4 is 17.9 Å². The van der Waals surface area contributed by atoms with Crippen LogP contribution in [0.5, 0.6) is 0 Å². The number of hydrogen-bond donors (Lipinski definition) is 0. The fourth-order valence-corrected chi connectivity index (χ4v) is 5.00. The lowest BCUT2D eigenvalue weighted by atomic mass is 9.92. The van der Waals surface area contributed by atoms with Crippen LogP contribution in [0.15, 0.2) is 145 Å². The van der Waals surface area contributed by atoms with E-state index in [2.05, 4.69) is 132 Å². The molecule has 36 heavy (non-hydrogen) atoms. The minimum atomic E-state index is 0.205. The average molecular weight is 470 g/mol. The third kappa shape index (κ3) is 4.87. The zero-order valence-corrected chi connectivity index (χ0v) is 20.5. The van der Waals surface area contributed by atoms with E-state index in [0.717, 1.165) is 18.7 Å². The number of hydrogen-bond acceptors (Lipinski definition) is 3. The van der Waals surface area contributed by atoms with E-state index >= 15 is 0 Å². The summed E-state index contributed by atoms with van der Waals surface area (Å²) in [6.07, 6.45) is 22.6. The summed E-state index contributed by atoms with van der Waals surface area (Å²) in [7, 11) is 0. The van der Waals surface area contributed by atoms with Gasteiger partial charge in [0.25, 0.3) is 0 Å². The monoisotopic (exact) mass is 469 g/mol. The zero-order chi connectivity index (χ0) is 24.9. The van der Waals surface area contributed by atoms with E-state index in [-0.39, 0.29) is 12.1 Å². The van der Waals surface area contributed by atoms with Crippen molar-refractivity contribution in [2.45, 2.75) is 18.5 Å². The summed E-state index contributed by atoms with van der Waals surface area (Å²) in [6, 6.07) is 19.5. The first-order chi connectivity index (χ1) is 17.6. The molecular formula is C33H31N3. The maximum Gasteiger partial charge on any atom is 0.0911 e. The van der Waals surface area contributed by atoms with Crippen LogP contribution in [-0.2, 0) is 6.42 Å². The molecule has 3 heteroatoms. The molecule has 0 spiro atoms. The number of rotatable bonds is 6. The summed E-state index contributed by atoms with van der Waals surface area (Å²) in [5.41, 5.74) is 7.90. The Kier molecular flexibility index (Phi) is 6.81. The van der Waals surface area contributed by atoms with Crippen molar-refractivity contribution in [1.29, 1.82) is 0 Å². The van der Waals surface area contributed by atoms with Gasteiger partial charge < -0.3 is 9.80 Å². The molecule has 0 amide bonds. The molecule has 0 bridgehead atoms. The second-order valence-electron chi connectivity index (χ2n) is 9.16. The van der Waals surface area contributed by atoms with Gasteiger partial charge in [-0.1, -0.05) is 98.1 Å². The molecule has 2 aromatic carbocycles. The van der Waals surface area contributed by atoms with E-state index in [9.17, 15) is 0 Å². The molecule has 2 unspecified atom stereocenters. The minimum absolute atomic E-state index is 0.205. The van der Waals surface area contributed by atoms with E-state index < -0.39 is 0 Å². The van der Waals surface area contributed by atoms with Crippen LogP contribution in [0.1, 0.15) is 16.7 Å². The lowest BCUT2D eigenvalue weighted by Crippen LogP contribution is -2.34. The second-order valence-corrected chi connectivity index (χ2v) is 9.16. The van der Waals surface area contributed by atoms with Gasteiger partial charge in [0.15, 0.2) is 0 Å². The molecule has 178 valence electrons. The van der Waals surface area contributed by atoms with Gasteiger partial charge in [0, 0.05) is 11.9 Å². The summed E-state index contributed by atoms with van der Waals surface area (Å²) in [5.74, 6) is 0. The molecule has 0 N–H and O–H groups in total. The van der Waals surface area contributed by atoms with Gasteiger partial charge in [-0.05, 0) is 65.3 Å². The Bertz CT molecular complexity index is 1350. The van der Waals surface area contributed by atoms with Crippen molar-refractivity contribution < 1.29 is 0 Å². The molecule has 1 aliphatic heterocycles. The Morgan fingerprint density at radius 2 is 1.78 bits per heavy atom. The average Bonchev–Trinajstić information content (AvgIpc) is 3.27. The van der Waals surface area contributed by atoms with Crippen LogP contribution in [0.25, 0.3) is 11.1 Å². The lowest BCUT2D eigenvalue weighted by Gasteiger charge is -2.29. The number of benzene rings is 2. The molecule has 3 nitrogen and oxygen atoms in total. The summed E-state index contributed by atoms with van der Waals surface area (Å²) in [6.45, 7) is 12.6. The van der Waals surface area contributed by atoms with Gasteiger partial charge in [0.05, 0.1) is 24.4 Å². The molecule has 1 saturated heterocycles. The van der Waals surface area contributed by atoms with Crippen molar-refractivity contribution in [3.05, 3.63) is 157 Å². The van der Waals surface area contributed by atoms with E-state index in [4.69, 9.17) is 0 Å². The maximum atomic E-state index is 4.41. The Labute approximate surface area is 214 Å². The van der Waals surface area contributed by atoms with E-state index in [1.54, 1.807) is 0 Å². The topological polar surface area (TPSA) is 18.8 Å². The molecule has 0 aromatic heterocycles. The first-order valence-corrected chi connectivity index (χ1v) is 12.3. The summed E-state index contributed by atoms with van der Waals surface area (Å²) >= 11 is 0. The SMILES string of the molecule is C=NC(=C)/C=C\C=C/N1CN(C2=C/C(=C)c3ccccc3C/C=C\2)C2C=CC(c3ccccc3)=CC21. The molecule has 1 heterocycles. The first-order valence-electron chi connectivity index (χ1n) is 12.3. The van der Waals surface area contributed by atoms with Gasteiger partial charge in [-0.15, -0.1) is 0 Å². The van der Waals surface area contributed by atoms with Crippen LogP contribution in [0.2, 0.25) is 0 Å². The highest BCUT2D eigenvalue weighted by Crippen LogP contribution is 2.35. The highest BCUT2D eigenvalue weighted by Gasteiger charge is 2.38. The Morgan fingerprint density at radius 3 is 2.61 bits per heavy atom. The van der Waals surface area contributed by atoms with Crippen molar-refractivity contribution in [1.82, 2.24) is 9.80 Å². The Balaban J connectivity index is 1.47. The van der Waals surface area contributed by atoms with E-state index in [1.807, 2.05) is 18.2 Å². The third-order valence-corrected chi connectivity index (χ3v) is 6.86. The zero-order valence-electron chi connectivity index (χ0n) is 20.5. The fourth-order valence-electron chi connectivity index (χ4n) is 5.00. The van der Waals surface area contributed by atoms with Crippen molar-refractivity contribution in [3.8, 4) is 0 Å². The summed E-state index contributed by atoms with van der Waals surface area (Å²) in [5, 5.41) is 0. The molecule has 2 aromatic rings. The minimum Gasteiger partial charge on any atom is -0.351 e.